The third-order valence-corrected chi connectivity index (χ3v) is 4.77. The fraction of sp³-hybridized carbons (Fsp3) is 0.571. The largest absolute Gasteiger partial charge is 0.330 e. The fourth-order valence-electron chi connectivity index (χ4n) is 1.77. The molecule has 0 saturated carbocycles. The number of unbranched alkanes of at least 4 members (excludes halogenated alkanes) is 1. The molecule has 0 aliphatic carbocycles. The number of nitrogens with two attached hydrogens (primary N) is 1. The lowest BCUT2D eigenvalue weighted by Gasteiger charge is -2.10. The van der Waals surface area contributed by atoms with Gasteiger partial charge in [0.2, 0.25) is 10.0 Å². The lowest BCUT2D eigenvalue weighted by Crippen LogP contribution is -2.25. The van der Waals surface area contributed by atoms with Gasteiger partial charge in [0, 0.05) is 6.54 Å². The molecule has 0 bridgehead atoms. The van der Waals surface area contributed by atoms with Gasteiger partial charge in [0.1, 0.15) is 0 Å². The maximum atomic E-state index is 12.0. The molecule has 0 heterocycles. The van der Waals surface area contributed by atoms with Gasteiger partial charge in [0.05, 0.1) is 4.90 Å². The number of hydrogen-bond acceptors (Lipinski definition) is 3. The van der Waals surface area contributed by atoms with E-state index in [2.05, 4.69) is 18.6 Å². The maximum Gasteiger partial charge on any atom is 0.240 e. The summed E-state index contributed by atoms with van der Waals surface area (Å²) in [7, 11) is -3.38. The molecule has 0 aromatic heterocycles. The smallest absolute Gasteiger partial charge is 0.240 e. The third-order valence-electron chi connectivity index (χ3n) is 3.29. The second-order valence-corrected chi connectivity index (χ2v) is 6.54. The average Bonchev–Trinajstić information content (AvgIpc) is 2.43. The minimum atomic E-state index is -3.38. The van der Waals surface area contributed by atoms with Crippen LogP contribution in [0.3, 0.4) is 0 Å². The summed E-state index contributed by atoms with van der Waals surface area (Å²) in [5, 5.41) is 0. The Bertz CT molecular complexity index is 469. The molecule has 4 nitrogen and oxygen atoms in total. The molecule has 0 aliphatic heterocycles. The summed E-state index contributed by atoms with van der Waals surface area (Å²) in [6, 6.07) is 7.13. The van der Waals surface area contributed by atoms with Gasteiger partial charge >= 0.3 is 0 Å². The third kappa shape index (κ3) is 4.93. The summed E-state index contributed by atoms with van der Waals surface area (Å²) in [6.07, 6.45) is 2.64. The van der Waals surface area contributed by atoms with Crippen LogP contribution in [0.15, 0.2) is 29.2 Å². The Labute approximate surface area is 116 Å². The molecule has 0 aliphatic rings. The van der Waals surface area contributed by atoms with Crippen molar-refractivity contribution < 1.29 is 8.42 Å². The molecular formula is C14H24N2O2S. The second kappa shape index (κ2) is 7.62. The summed E-state index contributed by atoms with van der Waals surface area (Å²) in [5.41, 5.74) is 6.54. The van der Waals surface area contributed by atoms with Crippen molar-refractivity contribution in [2.24, 2.45) is 5.73 Å². The molecule has 0 fully saturated rings. The number of benzene rings is 1. The minimum Gasteiger partial charge on any atom is -0.330 e. The molecule has 0 radical (unpaired) electrons. The maximum absolute atomic E-state index is 12.0. The quantitative estimate of drug-likeness (QED) is 0.719. The Balaban J connectivity index is 2.68. The molecule has 0 amide bonds. The molecule has 1 unspecified atom stereocenters. The van der Waals surface area contributed by atoms with Crippen molar-refractivity contribution >= 4 is 10.0 Å². The molecule has 1 aromatic rings. The molecule has 0 saturated heterocycles. The van der Waals surface area contributed by atoms with Gasteiger partial charge in [-0.15, -0.1) is 0 Å². The van der Waals surface area contributed by atoms with Crippen molar-refractivity contribution in [2.45, 2.75) is 43.9 Å². The first-order valence-corrected chi connectivity index (χ1v) is 8.29. The Hall–Kier alpha value is -0.910. The zero-order chi connectivity index (χ0) is 14.3. The summed E-state index contributed by atoms with van der Waals surface area (Å²) in [6.45, 7) is 5.28. The van der Waals surface area contributed by atoms with Gasteiger partial charge in [-0.3, -0.25) is 0 Å². The highest BCUT2D eigenvalue weighted by molar-refractivity contribution is 7.89. The second-order valence-electron chi connectivity index (χ2n) is 4.77. The zero-order valence-electron chi connectivity index (χ0n) is 11.7. The molecule has 108 valence electrons. The van der Waals surface area contributed by atoms with Crippen LogP contribution in [0.1, 0.15) is 44.6 Å². The van der Waals surface area contributed by atoms with Crippen LogP contribution >= 0.6 is 0 Å². The number of rotatable bonds is 8. The predicted octanol–water partition coefficient (Wildman–Crippen LogP) is 2.22. The van der Waals surface area contributed by atoms with Crippen molar-refractivity contribution in [3.63, 3.8) is 0 Å². The van der Waals surface area contributed by atoms with E-state index >= 15 is 0 Å². The van der Waals surface area contributed by atoms with E-state index < -0.39 is 10.0 Å². The predicted molar refractivity (Wildman–Crippen MR) is 78.6 cm³/mol. The van der Waals surface area contributed by atoms with E-state index in [1.165, 1.54) is 5.56 Å². The molecule has 3 N–H and O–H groups in total. The van der Waals surface area contributed by atoms with Crippen LogP contribution in [-0.4, -0.2) is 21.5 Å². The van der Waals surface area contributed by atoms with Gasteiger partial charge in [0.15, 0.2) is 0 Å². The van der Waals surface area contributed by atoms with E-state index in [0.29, 0.717) is 23.9 Å². The average molecular weight is 284 g/mol. The van der Waals surface area contributed by atoms with Crippen molar-refractivity contribution in [3.8, 4) is 0 Å². The van der Waals surface area contributed by atoms with Gasteiger partial charge in [0.25, 0.3) is 0 Å². The monoisotopic (exact) mass is 284 g/mol. The molecule has 1 rings (SSSR count). The number of hydrogen-bond donors (Lipinski definition) is 2. The molecule has 1 atom stereocenters. The Morgan fingerprint density at radius 2 is 1.84 bits per heavy atom. The minimum absolute atomic E-state index is 0.326. The molecule has 1 aromatic carbocycles. The van der Waals surface area contributed by atoms with E-state index in [0.717, 1.165) is 19.3 Å². The Kier molecular flexibility index (Phi) is 6.48. The molecular weight excluding hydrogens is 260 g/mol. The van der Waals surface area contributed by atoms with Crippen LogP contribution in [-0.2, 0) is 10.0 Å². The van der Waals surface area contributed by atoms with E-state index in [1.807, 2.05) is 12.1 Å². The first kappa shape index (κ1) is 16.1. The topological polar surface area (TPSA) is 72.2 Å². The van der Waals surface area contributed by atoms with Gasteiger partial charge in [-0.1, -0.05) is 26.0 Å². The molecule has 5 heteroatoms. The normalized spacial score (nSPS) is 13.4. The Morgan fingerprint density at radius 3 is 2.37 bits per heavy atom. The lowest BCUT2D eigenvalue weighted by atomic mass is 9.99. The van der Waals surface area contributed by atoms with Crippen LogP contribution in [0.25, 0.3) is 0 Å². The summed E-state index contributed by atoms with van der Waals surface area (Å²) >= 11 is 0. The first-order chi connectivity index (χ1) is 9.01. The fourth-order valence-corrected chi connectivity index (χ4v) is 2.84. The zero-order valence-corrected chi connectivity index (χ0v) is 12.5. The van der Waals surface area contributed by atoms with Gasteiger partial charge in [-0.05, 0) is 49.4 Å². The summed E-state index contributed by atoms with van der Waals surface area (Å²) in [4.78, 5) is 0.326. The standard InChI is InChI=1S/C14H24N2O2S/c1-3-12(2)13-6-8-14(9-7-13)19(17,18)16-11-5-4-10-15/h6-9,12,16H,3-5,10-11,15H2,1-2H3. The van der Waals surface area contributed by atoms with Crippen molar-refractivity contribution in [3.05, 3.63) is 29.8 Å². The van der Waals surface area contributed by atoms with Crippen LogP contribution in [0.2, 0.25) is 0 Å². The van der Waals surface area contributed by atoms with E-state index in [-0.39, 0.29) is 0 Å². The van der Waals surface area contributed by atoms with Crippen LogP contribution in [0.4, 0.5) is 0 Å². The van der Waals surface area contributed by atoms with E-state index in [9.17, 15) is 8.42 Å². The van der Waals surface area contributed by atoms with Crippen LogP contribution in [0.5, 0.6) is 0 Å². The number of sulfonamides is 1. The summed E-state index contributed by atoms with van der Waals surface area (Å²) in [5.74, 6) is 0.453. The highest BCUT2D eigenvalue weighted by Gasteiger charge is 2.13. The lowest BCUT2D eigenvalue weighted by molar-refractivity contribution is 0.577. The molecule has 19 heavy (non-hydrogen) atoms. The van der Waals surface area contributed by atoms with Crippen molar-refractivity contribution in [2.75, 3.05) is 13.1 Å². The van der Waals surface area contributed by atoms with Crippen molar-refractivity contribution in [1.82, 2.24) is 4.72 Å². The van der Waals surface area contributed by atoms with E-state index in [1.54, 1.807) is 12.1 Å². The van der Waals surface area contributed by atoms with Gasteiger partial charge < -0.3 is 5.73 Å². The highest BCUT2D eigenvalue weighted by atomic mass is 32.2. The highest BCUT2D eigenvalue weighted by Crippen LogP contribution is 2.20. The SMILES string of the molecule is CCC(C)c1ccc(S(=O)(=O)NCCCCN)cc1. The number of nitrogens with one attached hydrogen (secondary N) is 1. The Morgan fingerprint density at radius 1 is 1.21 bits per heavy atom. The van der Waals surface area contributed by atoms with Gasteiger partial charge in [-0.25, -0.2) is 13.1 Å². The van der Waals surface area contributed by atoms with Crippen LogP contribution < -0.4 is 10.5 Å². The van der Waals surface area contributed by atoms with Crippen LogP contribution in [0, 0.1) is 0 Å². The molecule has 0 spiro atoms. The van der Waals surface area contributed by atoms with Gasteiger partial charge in [-0.2, -0.15) is 0 Å². The van der Waals surface area contributed by atoms with E-state index in [4.69, 9.17) is 5.73 Å². The summed E-state index contributed by atoms with van der Waals surface area (Å²) < 4.78 is 26.6. The first-order valence-electron chi connectivity index (χ1n) is 6.81. The van der Waals surface area contributed by atoms with Crippen molar-refractivity contribution in [1.29, 1.82) is 0 Å².